The second kappa shape index (κ2) is 8.74. The van der Waals surface area contributed by atoms with E-state index in [1.54, 1.807) is 31.2 Å². The van der Waals surface area contributed by atoms with Gasteiger partial charge in [-0.05, 0) is 49.7 Å². The van der Waals surface area contributed by atoms with Crippen LogP contribution in [0, 0.1) is 6.92 Å². The van der Waals surface area contributed by atoms with Crippen LogP contribution in [0.5, 0.6) is 5.75 Å². The number of ether oxygens (including phenoxy) is 2. The van der Waals surface area contributed by atoms with Crippen molar-refractivity contribution in [2.45, 2.75) is 20.0 Å². The smallest absolute Gasteiger partial charge is 0.347 e. The number of anilines is 1. The van der Waals surface area contributed by atoms with Gasteiger partial charge in [0.15, 0.2) is 12.7 Å². The lowest BCUT2D eigenvalue weighted by Gasteiger charge is -2.14. The molecular weight excluding hydrogens is 365 g/mol. The number of esters is 1. The Balaban J connectivity index is 1.84. The van der Waals surface area contributed by atoms with Crippen LogP contribution >= 0.6 is 23.2 Å². The maximum atomic E-state index is 11.9. The van der Waals surface area contributed by atoms with Gasteiger partial charge in [-0.3, -0.25) is 4.79 Å². The largest absolute Gasteiger partial charge is 0.479 e. The van der Waals surface area contributed by atoms with Gasteiger partial charge in [0.25, 0.3) is 5.91 Å². The lowest BCUT2D eigenvalue weighted by molar-refractivity contribution is -0.153. The fourth-order valence-corrected chi connectivity index (χ4v) is 2.31. The van der Waals surface area contributed by atoms with Gasteiger partial charge in [-0.15, -0.1) is 0 Å². The maximum Gasteiger partial charge on any atom is 0.347 e. The fourth-order valence-electron chi connectivity index (χ4n) is 1.97. The van der Waals surface area contributed by atoms with Gasteiger partial charge < -0.3 is 14.8 Å². The van der Waals surface area contributed by atoms with Gasteiger partial charge in [0.2, 0.25) is 0 Å². The van der Waals surface area contributed by atoms with Crippen LogP contribution in [0.2, 0.25) is 10.0 Å². The summed E-state index contributed by atoms with van der Waals surface area (Å²) in [6, 6.07) is 12.0. The molecule has 0 aliphatic heterocycles. The van der Waals surface area contributed by atoms with Gasteiger partial charge >= 0.3 is 5.97 Å². The van der Waals surface area contributed by atoms with Crippen molar-refractivity contribution in [3.05, 3.63) is 58.1 Å². The molecule has 0 heterocycles. The third-order valence-electron chi connectivity index (χ3n) is 3.18. The summed E-state index contributed by atoms with van der Waals surface area (Å²) in [6.45, 7) is 3.01. The normalized spacial score (nSPS) is 11.5. The van der Waals surface area contributed by atoms with Crippen molar-refractivity contribution in [1.29, 1.82) is 0 Å². The third-order valence-corrected chi connectivity index (χ3v) is 3.75. The molecule has 0 unspecified atom stereocenters. The second-order valence-electron chi connectivity index (χ2n) is 5.36. The van der Waals surface area contributed by atoms with E-state index in [2.05, 4.69) is 5.32 Å². The molecule has 0 aliphatic carbocycles. The van der Waals surface area contributed by atoms with E-state index in [0.29, 0.717) is 21.5 Å². The Hall–Kier alpha value is -2.24. The average Bonchev–Trinajstić information content (AvgIpc) is 2.56. The van der Waals surface area contributed by atoms with Crippen LogP contribution in [0.3, 0.4) is 0 Å². The summed E-state index contributed by atoms with van der Waals surface area (Å²) in [5, 5.41) is 3.29. The summed E-state index contributed by atoms with van der Waals surface area (Å²) in [4.78, 5) is 23.8. The van der Waals surface area contributed by atoms with E-state index in [-0.39, 0.29) is 0 Å². The molecule has 2 rings (SSSR count). The van der Waals surface area contributed by atoms with Gasteiger partial charge in [-0.1, -0.05) is 35.3 Å². The Labute approximate surface area is 155 Å². The van der Waals surface area contributed by atoms with Gasteiger partial charge in [0.05, 0.1) is 10.7 Å². The first kappa shape index (κ1) is 19.1. The van der Waals surface area contributed by atoms with Crippen molar-refractivity contribution < 1.29 is 19.1 Å². The summed E-state index contributed by atoms with van der Waals surface area (Å²) in [7, 11) is 0. The van der Waals surface area contributed by atoms with Crippen molar-refractivity contribution in [3.8, 4) is 5.75 Å². The second-order valence-corrected chi connectivity index (χ2v) is 6.20. The number of rotatable bonds is 6. The Bertz CT molecular complexity index is 779. The van der Waals surface area contributed by atoms with Gasteiger partial charge in [-0.2, -0.15) is 0 Å². The minimum absolute atomic E-state index is 0.334. The van der Waals surface area contributed by atoms with E-state index in [0.717, 1.165) is 5.56 Å². The predicted molar refractivity (Wildman–Crippen MR) is 97.3 cm³/mol. The van der Waals surface area contributed by atoms with Gasteiger partial charge in [0.1, 0.15) is 5.75 Å². The molecular formula is C18H17Cl2NO4. The number of nitrogens with one attached hydrogen (secondary N) is 1. The molecule has 25 heavy (non-hydrogen) atoms. The SMILES string of the molecule is Cc1cccc(O[C@@H](C)C(=O)OCC(=O)Nc2cc(Cl)ccc2Cl)c1. The highest BCUT2D eigenvalue weighted by molar-refractivity contribution is 6.35. The molecule has 0 spiro atoms. The number of hydrogen-bond donors (Lipinski definition) is 1. The molecule has 7 heteroatoms. The van der Waals surface area contributed by atoms with Crippen molar-refractivity contribution in [2.75, 3.05) is 11.9 Å². The van der Waals surface area contributed by atoms with Crippen LogP contribution in [0.4, 0.5) is 5.69 Å². The zero-order chi connectivity index (χ0) is 18.4. The van der Waals surface area contributed by atoms with Crippen molar-refractivity contribution in [2.24, 2.45) is 0 Å². The van der Waals surface area contributed by atoms with Crippen molar-refractivity contribution in [1.82, 2.24) is 0 Å². The first-order chi connectivity index (χ1) is 11.8. The first-order valence-corrected chi connectivity index (χ1v) is 8.25. The molecule has 132 valence electrons. The molecule has 0 bridgehead atoms. The Morgan fingerprint density at radius 1 is 1.16 bits per heavy atom. The number of amides is 1. The van der Waals surface area contributed by atoms with E-state index in [1.165, 1.54) is 6.07 Å². The highest BCUT2D eigenvalue weighted by Crippen LogP contribution is 2.25. The number of hydrogen-bond acceptors (Lipinski definition) is 4. The summed E-state index contributed by atoms with van der Waals surface area (Å²) in [6.07, 6.45) is -0.843. The van der Waals surface area contributed by atoms with E-state index in [9.17, 15) is 9.59 Å². The summed E-state index contributed by atoms with van der Waals surface area (Å²) >= 11 is 11.8. The molecule has 0 aromatic heterocycles. The highest BCUT2D eigenvalue weighted by atomic mass is 35.5. The minimum atomic E-state index is -0.843. The summed E-state index contributed by atoms with van der Waals surface area (Å²) in [5.41, 5.74) is 1.36. The number of carbonyl (C=O) groups excluding carboxylic acids is 2. The number of aryl methyl sites for hydroxylation is 1. The average molecular weight is 382 g/mol. The fraction of sp³-hybridized carbons (Fsp3) is 0.222. The monoisotopic (exact) mass is 381 g/mol. The molecule has 2 aromatic rings. The number of halogens is 2. The molecule has 0 radical (unpaired) electrons. The van der Waals surface area contributed by atoms with E-state index in [1.807, 2.05) is 19.1 Å². The highest BCUT2D eigenvalue weighted by Gasteiger charge is 2.18. The predicted octanol–water partition coefficient (Wildman–Crippen LogP) is 4.25. The van der Waals surface area contributed by atoms with E-state index >= 15 is 0 Å². The molecule has 0 saturated heterocycles. The van der Waals surface area contributed by atoms with Crippen LogP contribution in [-0.4, -0.2) is 24.6 Å². The first-order valence-electron chi connectivity index (χ1n) is 7.50. The van der Waals surface area contributed by atoms with Gasteiger partial charge in [0, 0.05) is 5.02 Å². The molecule has 0 aliphatic rings. The zero-order valence-electron chi connectivity index (χ0n) is 13.7. The van der Waals surface area contributed by atoms with Crippen LogP contribution in [-0.2, 0) is 14.3 Å². The van der Waals surface area contributed by atoms with Gasteiger partial charge in [-0.25, -0.2) is 4.79 Å². The standard InChI is InChI=1S/C18H17Cl2NO4/c1-11-4-3-5-14(8-11)25-12(2)18(23)24-10-17(22)21-16-9-13(19)6-7-15(16)20/h3-9,12H,10H2,1-2H3,(H,21,22)/t12-/m0/s1. The molecule has 2 aromatic carbocycles. The molecule has 1 atom stereocenters. The lowest BCUT2D eigenvalue weighted by atomic mass is 10.2. The molecule has 1 N–H and O–H groups in total. The van der Waals surface area contributed by atoms with Crippen LogP contribution in [0.1, 0.15) is 12.5 Å². The quantitative estimate of drug-likeness (QED) is 0.759. The maximum absolute atomic E-state index is 11.9. The number of carbonyl (C=O) groups is 2. The topological polar surface area (TPSA) is 64.6 Å². The lowest BCUT2D eigenvalue weighted by Crippen LogP contribution is -2.29. The third kappa shape index (κ3) is 5.96. The Kier molecular flexibility index (Phi) is 6.67. The molecule has 0 saturated carbocycles. The van der Waals surface area contributed by atoms with Crippen molar-refractivity contribution >= 4 is 40.8 Å². The van der Waals surface area contributed by atoms with E-state index in [4.69, 9.17) is 32.7 Å². The summed E-state index contributed by atoms with van der Waals surface area (Å²) in [5.74, 6) is -0.617. The molecule has 1 amide bonds. The molecule has 0 fully saturated rings. The van der Waals surface area contributed by atoms with Crippen LogP contribution < -0.4 is 10.1 Å². The Morgan fingerprint density at radius 2 is 1.92 bits per heavy atom. The zero-order valence-corrected chi connectivity index (χ0v) is 15.2. The van der Waals surface area contributed by atoms with Crippen molar-refractivity contribution in [3.63, 3.8) is 0 Å². The van der Waals surface area contributed by atoms with Crippen LogP contribution in [0.15, 0.2) is 42.5 Å². The molecule has 5 nitrogen and oxygen atoms in total. The summed E-state index contributed by atoms with van der Waals surface area (Å²) < 4.78 is 10.5. The van der Waals surface area contributed by atoms with E-state index < -0.39 is 24.6 Å². The Morgan fingerprint density at radius 3 is 2.64 bits per heavy atom. The minimum Gasteiger partial charge on any atom is -0.479 e. The van der Waals surface area contributed by atoms with Crippen LogP contribution in [0.25, 0.3) is 0 Å². The number of benzene rings is 2.